The molecule has 0 radical (unpaired) electrons. The molecule has 1 saturated heterocycles. The number of esters is 1. The number of nitrogen functional groups attached to an aromatic ring is 1. The fourth-order valence-corrected chi connectivity index (χ4v) is 2.15. The summed E-state index contributed by atoms with van der Waals surface area (Å²) in [5.41, 5.74) is 6.35. The Morgan fingerprint density at radius 1 is 1.26 bits per heavy atom. The average Bonchev–Trinajstić information content (AvgIpc) is 2.92. The van der Waals surface area contributed by atoms with E-state index in [1.165, 1.54) is 0 Å². The molecular weight excluding hydrogens is 244 g/mol. The molecule has 0 saturated carbocycles. The van der Waals surface area contributed by atoms with Crippen molar-refractivity contribution in [1.29, 1.82) is 0 Å². The van der Waals surface area contributed by atoms with E-state index >= 15 is 0 Å². The number of likely N-dealkylation sites (tertiary alicyclic amines) is 1. The van der Waals surface area contributed by atoms with Gasteiger partial charge in [-0.1, -0.05) is 12.1 Å². The third-order valence-corrected chi connectivity index (χ3v) is 3.23. The largest absolute Gasteiger partial charge is 0.449 e. The van der Waals surface area contributed by atoms with Crippen LogP contribution in [-0.2, 0) is 9.53 Å². The number of ether oxygens (including phenoxy) is 1. The number of carbonyl (C=O) groups is 2. The molecule has 1 aliphatic rings. The summed E-state index contributed by atoms with van der Waals surface area (Å²) in [6, 6.07) is 6.67. The van der Waals surface area contributed by atoms with Gasteiger partial charge in [0.05, 0.1) is 5.56 Å². The molecule has 19 heavy (non-hydrogen) atoms. The lowest BCUT2D eigenvalue weighted by atomic mass is 10.2. The van der Waals surface area contributed by atoms with Crippen molar-refractivity contribution in [2.75, 3.05) is 18.8 Å². The lowest BCUT2D eigenvalue weighted by molar-refractivity contribution is -0.138. The van der Waals surface area contributed by atoms with Gasteiger partial charge >= 0.3 is 5.97 Å². The third-order valence-electron chi connectivity index (χ3n) is 3.23. The number of nitrogens with zero attached hydrogens (tertiary/aromatic N) is 1. The van der Waals surface area contributed by atoms with Crippen LogP contribution in [0.1, 0.15) is 30.1 Å². The first kappa shape index (κ1) is 13.4. The number of nitrogens with two attached hydrogens (primary N) is 1. The quantitative estimate of drug-likeness (QED) is 0.660. The molecule has 102 valence electrons. The molecular formula is C14H18N2O3. The van der Waals surface area contributed by atoms with Gasteiger partial charge in [0.1, 0.15) is 0 Å². The van der Waals surface area contributed by atoms with Crippen molar-refractivity contribution >= 4 is 17.6 Å². The Kier molecular flexibility index (Phi) is 4.04. The highest BCUT2D eigenvalue weighted by molar-refractivity contribution is 5.96. The fourth-order valence-electron chi connectivity index (χ4n) is 2.15. The lowest BCUT2D eigenvalue weighted by Gasteiger charge is -2.20. The van der Waals surface area contributed by atoms with Gasteiger partial charge in [-0.2, -0.15) is 0 Å². The van der Waals surface area contributed by atoms with Crippen molar-refractivity contribution in [3.8, 4) is 0 Å². The van der Waals surface area contributed by atoms with E-state index in [2.05, 4.69) is 0 Å². The van der Waals surface area contributed by atoms with Crippen LogP contribution in [0.25, 0.3) is 0 Å². The highest BCUT2D eigenvalue weighted by Crippen LogP contribution is 2.15. The second kappa shape index (κ2) is 5.73. The highest BCUT2D eigenvalue weighted by Gasteiger charge is 2.26. The maximum Gasteiger partial charge on any atom is 0.341 e. The zero-order chi connectivity index (χ0) is 13.8. The molecule has 5 heteroatoms. The standard InChI is InChI=1S/C14H18N2O3/c1-10(13(17)16-8-4-5-9-16)19-14(18)11-6-2-3-7-12(11)15/h2-3,6-7,10H,4-5,8-9,15H2,1H3. The average molecular weight is 262 g/mol. The zero-order valence-electron chi connectivity index (χ0n) is 11.0. The summed E-state index contributed by atoms with van der Waals surface area (Å²) in [6.45, 7) is 3.08. The van der Waals surface area contributed by atoms with Crippen LogP contribution >= 0.6 is 0 Å². The fraction of sp³-hybridized carbons (Fsp3) is 0.429. The van der Waals surface area contributed by atoms with Crippen LogP contribution in [0.3, 0.4) is 0 Å². The number of hydrogen-bond acceptors (Lipinski definition) is 4. The molecule has 1 fully saturated rings. The maximum atomic E-state index is 12.0. The molecule has 2 rings (SSSR count). The van der Waals surface area contributed by atoms with Gasteiger partial charge in [-0.3, -0.25) is 4.79 Å². The molecule has 1 aromatic rings. The summed E-state index contributed by atoms with van der Waals surface area (Å²) < 4.78 is 5.18. The van der Waals surface area contributed by atoms with Gasteiger partial charge in [0.25, 0.3) is 5.91 Å². The molecule has 1 unspecified atom stereocenters. The Balaban J connectivity index is 1.98. The van der Waals surface area contributed by atoms with Crippen LogP contribution in [0.4, 0.5) is 5.69 Å². The summed E-state index contributed by atoms with van der Waals surface area (Å²) in [6.07, 6.45) is 1.25. The molecule has 1 aromatic carbocycles. The molecule has 0 aliphatic carbocycles. The summed E-state index contributed by atoms with van der Waals surface area (Å²) >= 11 is 0. The first-order chi connectivity index (χ1) is 9.09. The van der Waals surface area contributed by atoms with E-state index < -0.39 is 12.1 Å². The van der Waals surface area contributed by atoms with Crippen LogP contribution in [0.2, 0.25) is 0 Å². The van der Waals surface area contributed by atoms with Gasteiger partial charge < -0.3 is 15.4 Å². The first-order valence-electron chi connectivity index (χ1n) is 6.44. The highest BCUT2D eigenvalue weighted by atomic mass is 16.5. The molecule has 5 nitrogen and oxygen atoms in total. The third kappa shape index (κ3) is 3.05. The van der Waals surface area contributed by atoms with Gasteiger partial charge in [-0.05, 0) is 31.9 Å². The topological polar surface area (TPSA) is 72.6 Å². The van der Waals surface area contributed by atoms with Gasteiger partial charge in [-0.15, -0.1) is 0 Å². The van der Waals surface area contributed by atoms with Crippen LogP contribution in [0, 0.1) is 0 Å². The van der Waals surface area contributed by atoms with E-state index in [1.807, 2.05) is 0 Å². The molecule has 1 aliphatic heterocycles. The number of carbonyl (C=O) groups excluding carboxylic acids is 2. The Bertz CT molecular complexity index is 481. The predicted octanol–water partition coefficient (Wildman–Crippen LogP) is 1.44. The SMILES string of the molecule is CC(OC(=O)c1ccccc1N)C(=O)N1CCCC1. The van der Waals surface area contributed by atoms with Crippen molar-refractivity contribution in [3.05, 3.63) is 29.8 Å². The van der Waals surface area contributed by atoms with Crippen molar-refractivity contribution in [3.63, 3.8) is 0 Å². The first-order valence-corrected chi connectivity index (χ1v) is 6.44. The van der Waals surface area contributed by atoms with E-state index in [-0.39, 0.29) is 5.91 Å². The number of para-hydroxylation sites is 1. The Morgan fingerprint density at radius 2 is 1.89 bits per heavy atom. The minimum atomic E-state index is -0.773. The van der Waals surface area contributed by atoms with E-state index in [4.69, 9.17) is 10.5 Å². The van der Waals surface area contributed by atoms with E-state index in [9.17, 15) is 9.59 Å². The van der Waals surface area contributed by atoms with Gasteiger partial charge in [0.15, 0.2) is 6.10 Å². The second-order valence-corrected chi connectivity index (χ2v) is 4.67. The summed E-state index contributed by atoms with van der Waals surface area (Å²) in [5.74, 6) is -0.696. The normalized spacial score (nSPS) is 16.2. The minimum Gasteiger partial charge on any atom is -0.449 e. The number of hydrogen-bond donors (Lipinski definition) is 1. The smallest absolute Gasteiger partial charge is 0.341 e. The number of amides is 1. The number of rotatable bonds is 3. The molecule has 0 spiro atoms. The van der Waals surface area contributed by atoms with E-state index in [1.54, 1.807) is 36.1 Å². The molecule has 0 bridgehead atoms. The minimum absolute atomic E-state index is 0.139. The van der Waals surface area contributed by atoms with E-state index in [0.717, 1.165) is 25.9 Å². The molecule has 1 atom stereocenters. The molecule has 1 amide bonds. The molecule has 0 aromatic heterocycles. The number of benzene rings is 1. The van der Waals surface area contributed by atoms with Crippen LogP contribution in [0.5, 0.6) is 0 Å². The maximum absolute atomic E-state index is 12.0. The predicted molar refractivity (Wildman–Crippen MR) is 71.5 cm³/mol. The molecule has 2 N–H and O–H groups in total. The van der Waals surface area contributed by atoms with Gasteiger partial charge in [0, 0.05) is 18.8 Å². The summed E-state index contributed by atoms with van der Waals surface area (Å²) in [4.78, 5) is 25.7. The van der Waals surface area contributed by atoms with E-state index in [0.29, 0.717) is 11.3 Å². The van der Waals surface area contributed by atoms with Crippen molar-refractivity contribution < 1.29 is 14.3 Å². The van der Waals surface area contributed by atoms with Gasteiger partial charge in [0.2, 0.25) is 0 Å². The summed E-state index contributed by atoms with van der Waals surface area (Å²) in [7, 11) is 0. The zero-order valence-corrected chi connectivity index (χ0v) is 11.0. The summed E-state index contributed by atoms with van der Waals surface area (Å²) in [5, 5.41) is 0. The van der Waals surface area contributed by atoms with Crippen molar-refractivity contribution in [2.45, 2.75) is 25.9 Å². The lowest BCUT2D eigenvalue weighted by Crippen LogP contribution is -2.38. The Morgan fingerprint density at radius 3 is 2.53 bits per heavy atom. The Labute approximate surface area is 112 Å². The van der Waals surface area contributed by atoms with Crippen LogP contribution in [0.15, 0.2) is 24.3 Å². The van der Waals surface area contributed by atoms with Crippen molar-refractivity contribution in [2.24, 2.45) is 0 Å². The van der Waals surface area contributed by atoms with Crippen molar-refractivity contribution in [1.82, 2.24) is 4.90 Å². The monoisotopic (exact) mass is 262 g/mol. The second-order valence-electron chi connectivity index (χ2n) is 4.67. The van der Waals surface area contributed by atoms with Gasteiger partial charge in [-0.25, -0.2) is 4.79 Å². The van der Waals surface area contributed by atoms with Crippen LogP contribution in [-0.4, -0.2) is 36.0 Å². The number of anilines is 1. The Hall–Kier alpha value is -2.04. The van der Waals surface area contributed by atoms with Crippen LogP contribution < -0.4 is 5.73 Å². The molecule has 1 heterocycles.